The molecule has 5 amide bonds. The zero-order chi connectivity index (χ0) is 28.2. The van der Waals surface area contributed by atoms with Gasteiger partial charge in [0.05, 0.1) is 24.3 Å². The van der Waals surface area contributed by atoms with Crippen molar-refractivity contribution < 1.29 is 33.4 Å². The number of nitrogens with one attached hydrogen (secondary N) is 3. The van der Waals surface area contributed by atoms with Crippen LogP contribution >= 0.6 is 0 Å². The third kappa shape index (κ3) is 7.33. The van der Waals surface area contributed by atoms with Crippen molar-refractivity contribution >= 4 is 35.4 Å². The van der Waals surface area contributed by atoms with E-state index in [0.717, 1.165) is 43.1 Å². The SMILES string of the molecule is CC(C)(C)OC(=O)NCCOCCN1CCC(Nc2ccc3c(c2)C(=O)N(C2CCC(=O)NC2=O)C3=O)CC1. The van der Waals surface area contributed by atoms with Gasteiger partial charge in [0.15, 0.2) is 0 Å². The van der Waals surface area contributed by atoms with E-state index in [1.165, 1.54) is 0 Å². The van der Waals surface area contributed by atoms with E-state index in [4.69, 9.17) is 9.47 Å². The van der Waals surface area contributed by atoms with Crippen LogP contribution in [0.25, 0.3) is 0 Å². The largest absolute Gasteiger partial charge is 0.444 e. The Morgan fingerprint density at radius 2 is 1.74 bits per heavy atom. The van der Waals surface area contributed by atoms with Gasteiger partial charge in [0.25, 0.3) is 11.8 Å². The topological polar surface area (TPSA) is 146 Å². The summed E-state index contributed by atoms with van der Waals surface area (Å²) in [5.74, 6) is -2.03. The predicted molar refractivity (Wildman–Crippen MR) is 141 cm³/mol. The number of hydrogen-bond donors (Lipinski definition) is 3. The third-order valence-corrected chi connectivity index (χ3v) is 6.86. The summed E-state index contributed by atoms with van der Waals surface area (Å²) >= 11 is 0. The number of piperidine rings is 2. The maximum absolute atomic E-state index is 13.0. The van der Waals surface area contributed by atoms with Crippen molar-refractivity contribution in [2.45, 2.75) is 64.1 Å². The summed E-state index contributed by atoms with van der Waals surface area (Å²) in [5.41, 5.74) is 0.762. The highest BCUT2D eigenvalue weighted by Gasteiger charge is 2.44. The lowest BCUT2D eigenvalue weighted by Crippen LogP contribution is -2.54. The lowest BCUT2D eigenvalue weighted by atomic mass is 10.0. The van der Waals surface area contributed by atoms with E-state index >= 15 is 0 Å². The fourth-order valence-electron chi connectivity index (χ4n) is 4.93. The van der Waals surface area contributed by atoms with Gasteiger partial charge in [-0.15, -0.1) is 0 Å². The van der Waals surface area contributed by atoms with Crippen molar-refractivity contribution in [3.05, 3.63) is 29.3 Å². The van der Waals surface area contributed by atoms with Gasteiger partial charge in [0.1, 0.15) is 11.6 Å². The van der Waals surface area contributed by atoms with Crippen LogP contribution in [-0.4, -0.2) is 96.6 Å². The van der Waals surface area contributed by atoms with Gasteiger partial charge in [0.2, 0.25) is 11.8 Å². The van der Waals surface area contributed by atoms with Crippen molar-refractivity contribution in [3.8, 4) is 0 Å². The molecule has 0 spiro atoms. The Labute approximate surface area is 227 Å². The number of carbonyl (C=O) groups is 5. The molecule has 1 aromatic rings. The first-order valence-electron chi connectivity index (χ1n) is 13.4. The Balaban J connectivity index is 1.18. The highest BCUT2D eigenvalue weighted by atomic mass is 16.6. The second kappa shape index (κ2) is 12.1. The normalized spacial score (nSPS) is 20.6. The molecule has 4 rings (SSSR count). The molecule has 3 heterocycles. The summed E-state index contributed by atoms with van der Waals surface area (Å²) in [6, 6.07) is 4.32. The molecular formula is C27H37N5O7. The summed E-state index contributed by atoms with van der Waals surface area (Å²) in [6.07, 6.45) is 1.59. The van der Waals surface area contributed by atoms with Gasteiger partial charge in [-0.25, -0.2) is 4.79 Å². The van der Waals surface area contributed by atoms with E-state index in [-0.39, 0.29) is 30.0 Å². The first kappa shape index (κ1) is 28.5. The minimum Gasteiger partial charge on any atom is -0.444 e. The highest BCUT2D eigenvalue weighted by Crippen LogP contribution is 2.30. The maximum atomic E-state index is 13.0. The fraction of sp³-hybridized carbons (Fsp3) is 0.593. The Morgan fingerprint density at radius 3 is 2.44 bits per heavy atom. The Morgan fingerprint density at radius 1 is 1.03 bits per heavy atom. The maximum Gasteiger partial charge on any atom is 0.407 e. The highest BCUT2D eigenvalue weighted by molar-refractivity contribution is 6.23. The van der Waals surface area contributed by atoms with Gasteiger partial charge < -0.3 is 25.0 Å². The smallest absolute Gasteiger partial charge is 0.407 e. The van der Waals surface area contributed by atoms with Gasteiger partial charge in [-0.2, -0.15) is 0 Å². The number of carbonyl (C=O) groups excluding carboxylic acids is 5. The first-order valence-corrected chi connectivity index (χ1v) is 13.4. The van der Waals surface area contributed by atoms with Crippen LogP contribution in [0.3, 0.4) is 0 Å². The van der Waals surface area contributed by atoms with Crippen LogP contribution in [0.4, 0.5) is 10.5 Å². The number of alkyl carbamates (subject to hydrolysis) is 1. The van der Waals surface area contributed by atoms with Crippen LogP contribution in [-0.2, 0) is 19.1 Å². The molecule has 2 saturated heterocycles. The fourth-order valence-corrected chi connectivity index (χ4v) is 4.93. The van der Waals surface area contributed by atoms with E-state index in [1.807, 2.05) is 20.8 Å². The molecule has 3 aliphatic heterocycles. The van der Waals surface area contributed by atoms with Crippen molar-refractivity contribution in [3.63, 3.8) is 0 Å². The molecule has 0 aromatic heterocycles. The molecule has 1 atom stereocenters. The van der Waals surface area contributed by atoms with E-state index in [0.29, 0.717) is 19.8 Å². The Kier molecular flexibility index (Phi) is 8.86. The number of benzene rings is 1. The lowest BCUT2D eigenvalue weighted by molar-refractivity contribution is -0.136. The van der Waals surface area contributed by atoms with Gasteiger partial charge >= 0.3 is 6.09 Å². The summed E-state index contributed by atoms with van der Waals surface area (Å²) in [6.45, 7) is 9.40. The number of imide groups is 2. The van der Waals surface area contributed by atoms with Crippen LogP contribution in [0.2, 0.25) is 0 Å². The molecule has 0 aliphatic carbocycles. The van der Waals surface area contributed by atoms with E-state index in [9.17, 15) is 24.0 Å². The van der Waals surface area contributed by atoms with Crippen LogP contribution in [0.15, 0.2) is 18.2 Å². The van der Waals surface area contributed by atoms with Crippen molar-refractivity contribution in [1.29, 1.82) is 0 Å². The lowest BCUT2D eigenvalue weighted by Gasteiger charge is -2.32. The van der Waals surface area contributed by atoms with Crippen molar-refractivity contribution in [1.82, 2.24) is 20.4 Å². The predicted octanol–water partition coefficient (Wildman–Crippen LogP) is 1.51. The molecule has 12 heteroatoms. The average molecular weight is 544 g/mol. The molecule has 0 bridgehead atoms. The molecule has 12 nitrogen and oxygen atoms in total. The molecule has 3 aliphatic rings. The minimum absolute atomic E-state index is 0.0900. The molecule has 0 radical (unpaired) electrons. The molecule has 1 unspecified atom stereocenters. The van der Waals surface area contributed by atoms with E-state index < -0.39 is 41.4 Å². The van der Waals surface area contributed by atoms with Crippen LogP contribution < -0.4 is 16.0 Å². The molecular weight excluding hydrogens is 506 g/mol. The molecule has 0 saturated carbocycles. The van der Waals surface area contributed by atoms with Gasteiger partial charge in [-0.05, 0) is 58.2 Å². The number of anilines is 1. The number of nitrogens with zero attached hydrogens (tertiary/aromatic N) is 2. The molecule has 3 N–H and O–H groups in total. The Hall–Kier alpha value is -3.51. The van der Waals surface area contributed by atoms with Gasteiger partial charge in [-0.1, -0.05) is 0 Å². The summed E-state index contributed by atoms with van der Waals surface area (Å²) in [7, 11) is 0. The van der Waals surface area contributed by atoms with Crippen molar-refractivity contribution in [2.24, 2.45) is 0 Å². The number of rotatable bonds is 9. The molecule has 39 heavy (non-hydrogen) atoms. The van der Waals surface area contributed by atoms with E-state index in [1.54, 1.807) is 18.2 Å². The Bertz CT molecular complexity index is 1120. The van der Waals surface area contributed by atoms with Crippen LogP contribution in [0.1, 0.15) is 67.2 Å². The number of likely N-dealkylation sites (tertiary alicyclic amines) is 1. The zero-order valence-electron chi connectivity index (χ0n) is 22.7. The third-order valence-electron chi connectivity index (χ3n) is 6.86. The molecule has 212 valence electrons. The molecule has 2 fully saturated rings. The second-order valence-corrected chi connectivity index (χ2v) is 11.0. The van der Waals surface area contributed by atoms with E-state index in [2.05, 4.69) is 20.9 Å². The quantitative estimate of drug-likeness (QED) is 0.311. The number of hydrogen-bond acceptors (Lipinski definition) is 9. The van der Waals surface area contributed by atoms with Gasteiger partial charge in [0, 0.05) is 44.3 Å². The first-order chi connectivity index (χ1) is 18.5. The standard InChI is InChI=1S/C27H37N5O7/c1-27(2,3)39-26(37)28-10-14-38-15-13-31-11-8-17(9-12-31)29-18-4-5-19-20(16-18)25(36)32(24(19)35)21-6-7-22(33)30-23(21)34/h4-5,16-17,21,29H,6-15H2,1-3H3,(H,28,37)(H,30,33,34). The van der Waals surface area contributed by atoms with Crippen LogP contribution in [0.5, 0.6) is 0 Å². The molecule has 1 aromatic carbocycles. The number of ether oxygens (including phenoxy) is 2. The van der Waals surface area contributed by atoms with Crippen molar-refractivity contribution in [2.75, 3.05) is 44.7 Å². The number of fused-ring (bicyclic) bond motifs is 1. The average Bonchev–Trinajstić information content (AvgIpc) is 3.10. The summed E-state index contributed by atoms with van der Waals surface area (Å²) in [5, 5.41) is 8.35. The number of amides is 5. The van der Waals surface area contributed by atoms with Crippen LogP contribution in [0, 0.1) is 0 Å². The van der Waals surface area contributed by atoms with Gasteiger partial charge in [-0.3, -0.25) is 29.4 Å². The second-order valence-electron chi connectivity index (χ2n) is 11.0. The zero-order valence-corrected chi connectivity index (χ0v) is 22.7. The minimum atomic E-state index is -0.971. The summed E-state index contributed by atoms with van der Waals surface area (Å²) < 4.78 is 10.8. The monoisotopic (exact) mass is 543 g/mol. The summed E-state index contributed by atoms with van der Waals surface area (Å²) in [4.78, 5) is 64.5.